The van der Waals surface area contributed by atoms with Crippen molar-refractivity contribution < 1.29 is 22.4 Å². The molecule has 0 aliphatic carbocycles. The fourth-order valence-electron chi connectivity index (χ4n) is 4.68. The number of benzene rings is 4. The first kappa shape index (κ1) is 32.7. The summed E-state index contributed by atoms with van der Waals surface area (Å²) in [6, 6.07) is 28.6. The summed E-state index contributed by atoms with van der Waals surface area (Å²) < 4.78 is 43.0. The Bertz CT molecular complexity index is 1680. The maximum absolute atomic E-state index is 14.4. The summed E-state index contributed by atoms with van der Waals surface area (Å²) in [7, 11) is -4.31. The largest absolute Gasteiger partial charge is 0.350 e. The van der Waals surface area contributed by atoms with Crippen molar-refractivity contribution in [1.82, 2.24) is 10.2 Å². The average Bonchev–Trinajstić information content (AvgIpc) is 2.99. The van der Waals surface area contributed by atoms with Crippen molar-refractivity contribution in [3.8, 4) is 0 Å². The second-order valence-corrected chi connectivity index (χ2v) is 13.6. The molecule has 0 fully saturated rings. The number of rotatable bonds is 11. The van der Waals surface area contributed by atoms with Crippen molar-refractivity contribution in [3.63, 3.8) is 0 Å². The highest BCUT2D eigenvalue weighted by atomic mass is 35.5. The number of anilines is 1. The summed E-state index contributed by atoms with van der Waals surface area (Å²) in [5.74, 6) is -1.74. The Balaban J connectivity index is 1.81. The van der Waals surface area contributed by atoms with Crippen LogP contribution in [0.15, 0.2) is 114 Å². The van der Waals surface area contributed by atoms with E-state index in [9.17, 15) is 22.4 Å². The number of hydrogen-bond acceptors (Lipinski definition) is 4. The van der Waals surface area contributed by atoms with Crippen molar-refractivity contribution >= 4 is 39.1 Å². The first-order valence-electron chi connectivity index (χ1n) is 14.1. The highest BCUT2D eigenvalue weighted by Gasteiger charge is 2.35. The number of carbonyl (C=O) groups is 2. The van der Waals surface area contributed by atoms with Gasteiger partial charge in [-0.2, -0.15) is 0 Å². The lowest BCUT2D eigenvalue weighted by Gasteiger charge is -2.35. The predicted octanol–water partition coefficient (Wildman–Crippen LogP) is 6.23. The molecule has 0 heterocycles. The summed E-state index contributed by atoms with van der Waals surface area (Å²) in [5.41, 5.74) is 0.990. The molecule has 0 saturated heterocycles. The standard InChI is InChI=1S/C34H35ClFN3O4S/c1-34(2,3)37-33(41)31(21-25-13-7-4-8-14-25)38(23-26-15-9-5-10-16-26)32(40)24-39(27-19-20-30(36)29(35)22-27)44(42,43)28-17-11-6-12-18-28/h4-20,22,31H,21,23-24H2,1-3H3,(H,37,41). The zero-order valence-corrected chi connectivity index (χ0v) is 26.4. The van der Waals surface area contributed by atoms with Crippen LogP contribution in [0.2, 0.25) is 5.02 Å². The molecular formula is C34H35ClFN3O4S. The molecule has 10 heteroatoms. The van der Waals surface area contributed by atoms with Gasteiger partial charge in [-0.15, -0.1) is 0 Å². The van der Waals surface area contributed by atoms with Gasteiger partial charge in [0.25, 0.3) is 10.0 Å². The van der Waals surface area contributed by atoms with Crippen molar-refractivity contribution in [2.24, 2.45) is 0 Å². The van der Waals surface area contributed by atoms with Crippen LogP contribution in [0.5, 0.6) is 0 Å². The Morgan fingerprint density at radius 3 is 1.93 bits per heavy atom. The molecule has 230 valence electrons. The minimum Gasteiger partial charge on any atom is -0.350 e. The van der Waals surface area contributed by atoms with Crippen LogP contribution in [0.4, 0.5) is 10.1 Å². The molecule has 0 saturated carbocycles. The third-order valence-electron chi connectivity index (χ3n) is 6.77. The van der Waals surface area contributed by atoms with Gasteiger partial charge in [-0.25, -0.2) is 12.8 Å². The van der Waals surface area contributed by atoms with Crippen LogP contribution in [0, 0.1) is 5.82 Å². The van der Waals surface area contributed by atoms with E-state index in [-0.39, 0.29) is 34.5 Å². The Hall–Kier alpha value is -4.21. The minimum atomic E-state index is -4.31. The maximum atomic E-state index is 14.4. The van der Waals surface area contributed by atoms with Gasteiger partial charge in [-0.3, -0.25) is 13.9 Å². The number of sulfonamides is 1. The lowest BCUT2D eigenvalue weighted by atomic mass is 10.0. The Morgan fingerprint density at radius 2 is 1.39 bits per heavy atom. The Labute approximate surface area is 263 Å². The lowest BCUT2D eigenvalue weighted by Crippen LogP contribution is -2.56. The Morgan fingerprint density at radius 1 is 0.841 bits per heavy atom. The van der Waals surface area contributed by atoms with Gasteiger partial charge in [-0.05, 0) is 62.2 Å². The van der Waals surface area contributed by atoms with Crippen LogP contribution < -0.4 is 9.62 Å². The molecule has 0 radical (unpaired) electrons. The van der Waals surface area contributed by atoms with Gasteiger partial charge in [0.1, 0.15) is 18.4 Å². The summed E-state index contributed by atoms with van der Waals surface area (Å²) in [5, 5.41) is 2.70. The molecule has 1 unspecified atom stereocenters. The van der Waals surface area contributed by atoms with Gasteiger partial charge in [-0.1, -0.05) is 90.5 Å². The maximum Gasteiger partial charge on any atom is 0.264 e. The van der Waals surface area contributed by atoms with Crippen molar-refractivity contribution in [2.45, 2.75) is 50.2 Å². The number of hydrogen-bond donors (Lipinski definition) is 1. The second-order valence-electron chi connectivity index (χ2n) is 11.4. The van der Waals surface area contributed by atoms with Crippen LogP contribution in [0.25, 0.3) is 0 Å². The highest BCUT2D eigenvalue weighted by molar-refractivity contribution is 7.92. The molecule has 4 rings (SSSR count). The van der Waals surface area contributed by atoms with E-state index in [2.05, 4.69) is 5.32 Å². The third-order valence-corrected chi connectivity index (χ3v) is 8.84. The van der Waals surface area contributed by atoms with Crippen molar-refractivity contribution in [2.75, 3.05) is 10.8 Å². The molecule has 0 aromatic heterocycles. The second kappa shape index (κ2) is 14.1. The van der Waals surface area contributed by atoms with Crippen molar-refractivity contribution in [3.05, 3.63) is 131 Å². The van der Waals surface area contributed by atoms with E-state index in [1.807, 2.05) is 81.4 Å². The van der Waals surface area contributed by atoms with Gasteiger partial charge < -0.3 is 10.2 Å². The van der Waals surface area contributed by atoms with Crippen LogP contribution >= 0.6 is 11.6 Å². The van der Waals surface area contributed by atoms with Gasteiger partial charge in [0.15, 0.2) is 0 Å². The number of nitrogens with zero attached hydrogens (tertiary/aromatic N) is 2. The van der Waals surface area contributed by atoms with E-state index in [0.717, 1.165) is 21.5 Å². The molecule has 1 N–H and O–H groups in total. The average molecular weight is 636 g/mol. The lowest BCUT2D eigenvalue weighted by molar-refractivity contribution is -0.140. The van der Waals surface area contributed by atoms with Crippen LogP contribution in [-0.2, 0) is 32.6 Å². The number of nitrogens with one attached hydrogen (secondary N) is 1. The first-order valence-corrected chi connectivity index (χ1v) is 15.9. The molecule has 0 bridgehead atoms. The first-order chi connectivity index (χ1) is 20.8. The van der Waals surface area contributed by atoms with Crippen LogP contribution in [-0.4, -0.2) is 43.3 Å². The van der Waals surface area contributed by atoms with Gasteiger partial charge in [0.2, 0.25) is 11.8 Å². The summed E-state index contributed by atoms with van der Waals surface area (Å²) in [6.07, 6.45) is 0.190. The van der Waals surface area contributed by atoms with Crippen LogP contribution in [0.3, 0.4) is 0 Å². The van der Waals surface area contributed by atoms with Crippen molar-refractivity contribution in [1.29, 1.82) is 0 Å². The van der Waals surface area contributed by atoms with E-state index in [0.29, 0.717) is 0 Å². The smallest absolute Gasteiger partial charge is 0.264 e. The fraction of sp³-hybridized carbons (Fsp3) is 0.235. The minimum absolute atomic E-state index is 0.00650. The number of amides is 2. The summed E-state index contributed by atoms with van der Waals surface area (Å²) in [6.45, 7) is 4.92. The molecule has 0 aliphatic heterocycles. The van der Waals surface area contributed by atoms with Gasteiger partial charge in [0, 0.05) is 18.5 Å². The predicted molar refractivity (Wildman–Crippen MR) is 171 cm³/mol. The molecule has 44 heavy (non-hydrogen) atoms. The topological polar surface area (TPSA) is 86.8 Å². The van der Waals surface area contributed by atoms with E-state index >= 15 is 0 Å². The van der Waals surface area contributed by atoms with E-state index in [1.54, 1.807) is 18.2 Å². The zero-order chi connectivity index (χ0) is 31.9. The SMILES string of the molecule is CC(C)(C)NC(=O)C(Cc1ccccc1)N(Cc1ccccc1)C(=O)CN(c1ccc(F)c(Cl)c1)S(=O)(=O)c1ccccc1. The van der Waals surface area contributed by atoms with E-state index in [4.69, 9.17) is 11.6 Å². The molecule has 4 aromatic rings. The molecule has 1 atom stereocenters. The molecule has 4 aromatic carbocycles. The van der Waals surface area contributed by atoms with E-state index < -0.39 is 39.9 Å². The number of halogens is 2. The molecule has 0 aliphatic rings. The monoisotopic (exact) mass is 635 g/mol. The fourth-order valence-corrected chi connectivity index (χ4v) is 6.28. The molecule has 7 nitrogen and oxygen atoms in total. The van der Waals surface area contributed by atoms with E-state index in [1.165, 1.54) is 29.2 Å². The van der Waals surface area contributed by atoms with Gasteiger partial charge in [0.05, 0.1) is 15.6 Å². The third kappa shape index (κ3) is 8.45. The Kier molecular flexibility index (Phi) is 10.4. The summed E-state index contributed by atoms with van der Waals surface area (Å²) >= 11 is 6.06. The van der Waals surface area contributed by atoms with Crippen LogP contribution in [0.1, 0.15) is 31.9 Å². The highest BCUT2D eigenvalue weighted by Crippen LogP contribution is 2.28. The zero-order valence-electron chi connectivity index (χ0n) is 24.8. The molecule has 2 amide bonds. The molecular weight excluding hydrogens is 601 g/mol. The number of carbonyl (C=O) groups excluding carboxylic acids is 2. The molecule has 0 spiro atoms. The normalized spacial score (nSPS) is 12.3. The quantitative estimate of drug-likeness (QED) is 0.212. The van der Waals surface area contributed by atoms with Gasteiger partial charge >= 0.3 is 0 Å². The summed E-state index contributed by atoms with van der Waals surface area (Å²) in [4.78, 5) is 29.6.